The SMILES string of the molecule is CN=C(NCC(C)c1cccs1)NC1CCN(c2ncccc2F)C1.I. The first-order valence-corrected chi connectivity index (χ1v) is 9.41. The molecule has 5 nitrogen and oxygen atoms in total. The Labute approximate surface area is 175 Å². The number of nitrogens with one attached hydrogen (secondary N) is 2. The Hall–Kier alpha value is -1.42. The van der Waals surface area contributed by atoms with Crippen molar-refractivity contribution < 1.29 is 4.39 Å². The van der Waals surface area contributed by atoms with Crippen LogP contribution in [0.1, 0.15) is 24.1 Å². The molecule has 1 fully saturated rings. The van der Waals surface area contributed by atoms with Crippen molar-refractivity contribution in [3.05, 3.63) is 46.5 Å². The number of hydrogen-bond acceptors (Lipinski definition) is 4. The van der Waals surface area contributed by atoms with Crippen molar-refractivity contribution in [2.24, 2.45) is 4.99 Å². The number of anilines is 1. The summed E-state index contributed by atoms with van der Waals surface area (Å²) in [6.07, 6.45) is 2.56. The standard InChI is InChI=1S/C18H24FN5S.HI/c1-13(16-6-4-10-25-16)11-22-18(20-2)23-14-7-9-24(12-14)17-15(19)5-3-8-21-17;/h3-6,8,10,13-14H,7,9,11-12H2,1-2H3,(H2,20,22,23);1H. The summed E-state index contributed by atoms with van der Waals surface area (Å²) in [6, 6.07) is 7.53. The average molecular weight is 489 g/mol. The van der Waals surface area contributed by atoms with E-state index in [1.807, 2.05) is 4.90 Å². The van der Waals surface area contributed by atoms with Crippen LogP contribution in [0.4, 0.5) is 10.2 Å². The maximum absolute atomic E-state index is 13.9. The molecule has 1 aliphatic rings. The Morgan fingerprint density at radius 3 is 3.00 bits per heavy atom. The second-order valence-electron chi connectivity index (χ2n) is 6.25. The fraction of sp³-hybridized carbons (Fsp3) is 0.444. The molecule has 2 unspecified atom stereocenters. The Morgan fingerprint density at radius 2 is 2.31 bits per heavy atom. The lowest BCUT2D eigenvalue weighted by Crippen LogP contribution is -2.45. The van der Waals surface area contributed by atoms with Crippen molar-refractivity contribution >= 4 is 47.1 Å². The van der Waals surface area contributed by atoms with Crippen LogP contribution in [-0.2, 0) is 0 Å². The molecule has 8 heteroatoms. The number of rotatable bonds is 5. The van der Waals surface area contributed by atoms with Gasteiger partial charge in [-0.15, -0.1) is 35.3 Å². The third kappa shape index (κ3) is 5.29. The number of nitrogens with zero attached hydrogens (tertiary/aromatic N) is 3. The zero-order chi connectivity index (χ0) is 17.6. The van der Waals surface area contributed by atoms with Crippen LogP contribution >= 0.6 is 35.3 Å². The first-order valence-electron chi connectivity index (χ1n) is 8.53. The fourth-order valence-electron chi connectivity index (χ4n) is 2.99. The molecule has 0 bridgehead atoms. The predicted molar refractivity (Wildman–Crippen MR) is 117 cm³/mol. The molecule has 0 aromatic carbocycles. The maximum atomic E-state index is 13.9. The molecule has 1 saturated heterocycles. The molecule has 1 aliphatic heterocycles. The van der Waals surface area contributed by atoms with Crippen molar-refractivity contribution in [2.75, 3.05) is 31.6 Å². The number of hydrogen-bond donors (Lipinski definition) is 2. The second kappa shape index (κ2) is 10.1. The molecule has 0 saturated carbocycles. The van der Waals surface area contributed by atoms with Crippen LogP contribution in [-0.4, -0.2) is 43.7 Å². The Balaban J connectivity index is 0.00000243. The van der Waals surface area contributed by atoms with E-state index in [4.69, 9.17) is 0 Å². The van der Waals surface area contributed by atoms with E-state index in [9.17, 15) is 4.39 Å². The Bertz CT molecular complexity index is 709. The molecule has 0 aliphatic carbocycles. The minimum atomic E-state index is -0.268. The van der Waals surface area contributed by atoms with Crippen LogP contribution in [0.2, 0.25) is 0 Å². The van der Waals surface area contributed by atoms with Crippen LogP contribution in [0.5, 0.6) is 0 Å². The van der Waals surface area contributed by atoms with Gasteiger partial charge in [0.15, 0.2) is 17.6 Å². The lowest BCUT2D eigenvalue weighted by Gasteiger charge is -2.20. The van der Waals surface area contributed by atoms with Crippen molar-refractivity contribution in [3.63, 3.8) is 0 Å². The van der Waals surface area contributed by atoms with Crippen LogP contribution in [0.15, 0.2) is 40.8 Å². The van der Waals surface area contributed by atoms with Gasteiger partial charge in [-0.05, 0) is 30.0 Å². The monoisotopic (exact) mass is 489 g/mol. The van der Waals surface area contributed by atoms with Gasteiger partial charge in [0.25, 0.3) is 0 Å². The molecule has 26 heavy (non-hydrogen) atoms. The molecule has 0 amide bonds. The van der Waals surface area contributed by atoms with Crippen LogP contribution in [0.3, 0.4) is 0 Å². The summed E-state index contributed by atoms with van der Waals surface area (Å²) >= 11 is 1.77. The largest absolute Gasteiger partial charge is 0.356 e. The summed E-state index contributed by atoms with van der Waals surface area (Å²) in [5.41, 5.74) is 0. The summed E-state index contributed by atoms with van der Waals surface area (Å²) in [7, 11) is 1.77. The van der Waals surface area contributed by atoms with E-state index in [0.717, 1.165) is 32.0 Å². The quantitative estimate of drug-likeness (QED) is 0.384. The number of pyridine rings is 1. The van der Waals surface area contributed by atoms with Gasteiger partial charge in [-0.1, -0.05) is 13.0 Å². The van der Waals surface area contributed by atoms with Gasteiger partial charge in [0.2, 0.25) is 0 Å². The van der Waals surface area contributed by atoms with Gasteiger partial charge in [0.05, 0.1) is 0 Å². The highest BCUT2D eigenvalue weighted by atomic mass is 127. The average Bonchev–Trinajstić information content (AvgIpc) is 3.30. The highest BCUT2D eigenvalue weighted by molar-refractivity contribution is 14.0. The smallest absolute Gasteiger partial charge is 0.191 e. The summed E-state index contributed by atoms with van der Waals surface area (Å²) in [5, 5.41) is 8.92. The molecule has 142 valence electrons. The highest BCUT2D eigenvalue weighted by Gasteiger charge is 2.26. The van der Waals surface area contributed by atoms with Gasteiger partial charge >= 0.3 is 0 Å². The minimum absolute atomic E-state index is 0. The first kappa shape index (κ1) is 20.9. The minimum Gasteiger partial charge on any atom is -0.356 e. The zero-order valence-corrected chi connectivity index (χ0v) is 18.1. The van der Waals surface area contributed by atoms with Crippen LogP contribution in [0.25, 0.3) is 0 Å². The molecule has 0 radical (unpaired) electrons. The number of aliphatic imine (C=N–C) groups is 1. The molecule has 0 spiro atoms. The lowest BCUT2D eigenvalue weighted by atomic mass is 10.1. The lowest BCUT2D eigenvalue weighted by molar-refractivity contribution is 0.611. The first-order chi connectivity index (χ1) is 12.2. The van der Waals surface area contributed by atoms with E-state index in [-0.39, 0.29) is 35.8 Å². The van der Waals surface area contributed by atoms with E-state index in [1.165, 1.54) is 10.9 Å². The molecule has 2 N–H and O–H groups in total. The number of aromatic nitrogens is 1. The summed E-state index contributed by atoms with van der Waals surface area (Å²) < 4.78 is 13.9. The third-order valence-corrected chi connectivity index (χ3v) is 5.50. The van der Waals surface area contributed by atoms with E-state index >= 15 is 0 Å². The molecule has 2 aromatic heterocycles. The second-order valence-corrected chi connectivity index (χ2v) is 7.23. The van der Waals surface area contributed by atoms with Crippen LogP contribution < -0.4 is 15.5 Å². The van der Waals surface area contributed by atoms with Crippen molar-refractivity contribution in [1.82, 2.24) is 15.6 Å². The van der Waals surface area contributed by atoms with Crippen LogP contribution in [0, 0.1) is 5.82 Å². The van der Waals surface area contributed by atoms with E-state index in [0.29, 0.717) is 11.7 Å². The number of halogens is 2. The Morgan fingerprint density at radius 1 is 1.46 bits per heavy atom. The molecule has 3 rings (SSSR count). The van der Waals surface area contributed by atoms with Gasteiger partial charge in [0.1, 0.15) is 0 Å². The maximum Gasteiger partial charge on any atom is 0.191 e. The zero-order valence-electron chi connectivity index (χ0n) is 15.0. The predicted octanol–water partition coefficient (Wildman–Crippen LogP) is 3.45. The summed E-state index contributed by atoms with van der Waals surface area (Å²) in [5.74, 6) is 1.38. The fourth-order valence-corrected chi connectivity index (χ4v) is 3.78. The van der Waals surface area contributed by atoms with Gasteiger partial charge in [-0.25, -0.2) is 9.37 Å². The van der Waals surface area contributed by atoms with Crippen molar-refractivity contribution in [2.45, 2.75) is 25.3 Å². The van der Waals surface area contributed by atoms with Crippen molar-refractivity contribution in [3.8, 4) is 0 Å². The summed E-state index contributed by atoms with van der Waals surface area (Å²) in [6.45, 7) is 4.53. The van der Waals surface area contributed by atoms with E-state index < -0.39 is 0 Å². The number of guanidine groups is 1. The van der Waals surface area contributed by atoms with Crippen molar-refractivity contribution in [1.29, 1.82) is 0 Å². The molecule has 3 heterocycles. The topological polar surface area (TPSA) is 52.6 Å². The third-order valence-electron chi connectivity index (χ3n) is 4.40. The molecule has 2 aromatic rings. The molecular weight excluding hydrogens is 464 g/mol. The Kier molecular flexibility index (Phi) is 8.08. The highest BCUT2D eigenvalue weighted by Crippen LogP contribution is 2.21. The molecular formula is C18H25FIN5S. The summed E-state index contributed by atoms with van der Waals surface area (Å²) in [4.78, 5) is 11.8. The van der Waals surface area contributed by atoms with E-state index in [2.05, 4.69) is 45.0 Å². The molecule has 2 atom stereocenters. The number of thiophene rings is 1. The van der Waals surface area contributed by atoms with Gasteiger partial charge in [0, 0.05) is 49.7 Å². The van der Waals surface area contributed by atoms with Gasteiger partial charge < -0.3 is 15.5 Å². The van der Waals surface area contributed by atoms with Gasteiger partial charge in [-0.3, -0.25) is 4.99 Å². The van der Waals surface area contributed by atoms with E-state index in [1.54, 1.807) is 30.6 Å². The normalized spacial score (nSPS) is 18.3. The van der Waals surface area contributed by atoms with Gasteiger partial charge in [-0.2, -0.15) is 0 Å².